The second-order valence-electron chi connectivity index (χ2n) is 10.6. The van der Waals surface area contributed by atoms with E-state index in [9.17, 15) is 14.7 Å². The van der Waals surface area contributed by atoms with Gasteiger partial charge in [0.05, 0.1) is 11.5 Å². The molecule has 3 N–H and O–H groups in total. The zero-order valence-corrected chi connectivity index (χ0v) is 19.5. The first-order valence-corrected chi connectivity index (χ1v) is 12.9. The number of nitrogens with one attached hydrogen (secondary N) is 2. The van der Waals surface area contributed by atoms with E-state index in [-0.39, 0.29) is 17.4 Å². The average molecular weight is 456 g/mol. The molecular formula is C26H37N3O4. The number of anilines is 1. The standard InChI is InChI=1S/C26H37N3O4/c30-24(31)22(29-25(32)26(11-2-12-26)19-6-7-19)10-14-33-21-15-17(16-21)4-8-20-9-5-18-3-1-13-27-23(18)28-20/h5,9,17,19,21-22H,1-4,6-8,10-16H2,(H,27,28)(H,29,32)(H,30,31)/t17?,21?,22-/m0/s1. The van der Waals surface area contributed by atoms with E-state index < -0.39 is 12.0 Å². The van der Waals surface area contributed by atoms with Crippen LogP contribution in [0.5, 0.6) is 0 Å². The summed E-state index contributed by atoms with van der Waals surface area (Å²) >= 11 is 0. The van der Waals surface area contributed by atoms with Crippen LogP contribution in [0.4, 0.5) is 5.82 Å². The summed E-state index contributed by atoms with van der Waals surface area (Å²) in [5.74, 6) is 1.17. The molecule has 1 aromatic rings. The lowest BCUT2D eigenvalue weighted by atomic mass is 9.64. The second kappa shape index (κ2) is 9.61. The van der Waals surface area contributed by atoms with E-state index in [4.69, 9.17) is 9.72 Å². The van der Waals surface area contributed by atoms with Gasteiger partial charge in [-0.15, -0.1) is 0 Å². The molecule has 1 aliphatic heterocycles. The van der Waals surface area contributed by atoms with Crippen LogP contribution < -0.4 is 10.6 Å². The van der Waals surface area contributed by atoms with Crippen LogP contribution in [0.1, 0.15) is 75.5 Å². The maximum absolute atomic E-state index is 12.8. The number of hydrogen-bond donors (Lipinski definition) is 3. The third kappa shape index (κ3) is 5.03. The molecule has 2 heterocycles. The molecule has 0 aromatic carbocycles. The molecule has 3 fully saturated rings. The molecule has 180 valence electrons. The van der Waals surface area contributed by atoms with Gasteiger partial charge in [-0.05, 0) is 87.7 Å². The molecule has 0 radical (unpaired) electrons. The number of amides is 1. The van der Waals surface area contributed by atoms with Crippen molar-refractivity contribution in [1.29, 1.82) is 0 Å². The minimum absolute atomic E-state index is 0.0432. The smallest absolute Gasteiger partial charge is 0.326 e. The molecule has 1 aromatic heterocycles. The molecule has 1 atom stereocenters. The van der Waals surface area contributed by atoms with Gasteiger partial charge in [-0.25, -0.2) is 9.78 Å². The van der Waals surface area contributed by atoms with Crippen LogP contribution in [0.2, 0.25) is 0 Å². The Balaban J connectivity index is 0.998. The predicted molar refractivity (Wildman–Crippen MR) is 125 cm³/mol. The van der Waals surface area contributed by atoms with Crippen LogP contribution in [0, 0.1) is 17.3 Å². The van der Waals surface area contributed by atoms with Crippen LogP contribution in [0.3, 0.4) is 0 Å². The summed E-state index contributed by atoms with van der Waals surface area (Å²) in [4.78, 5) is 29.3. The monoisotopic (exact) mass is 455 g/mol. The highest BCUT2D eigenvalue weighted by molar-refractivity contribution is 5.88. The molecule has 4 aliphatic rings. The summed E-state index contributed by atoms with van der Waals surface area (Å²) in [5, 5.41) is 15.8. The SMILES string of the molecule is O=C(O)[C@H](CCOC1CC(CCc2ccc3c(n2)NCCC3)C1)NC(=O)C1(C2CC2)CCC1. The fourth-order valence-electron chi connectivity index (χ4n) is 5.83. The fourth-order valence-corrected chi connectivity index (χ4v) is 5.83. The molecule has 0 bridgehead atoms. The van der Waals surface area contributed by atoms with Crippen molar-refractivity contribution in [3.63, 3.8) is 0 Å². The summed E-state index contributed by atoms with van der Waals surface area (Å²) < 4.78 is 5.94. The van der Waals surface area contributed by atoms with E-state index in [0.29, 0.717) is 24.9 Å². The zero-order chi connectivity index (χ0) is 22.8. The lowest BCUT2D eigenvalue weighted by Gasteiger charge is -2.41. The summed E-state index contributed by atoms with van der Waals surface area (Å²) in [6, 6.07) is 3.52. The Morgan fingerprint density at radius 2 is 2.06 bits per heavy atom. The van der Waals surface area contributed by atoms with Gasteiger partial charge in [-0.2, -0.15) is 0 Å². The quantitative estimate of drug-likeness (QED) is 0.470. The number of fused-ring (bicyclic) bond motifs is 1. The van der Waals surface area contributed by atoms with E-state index in [1.165, 1.54) is 12.0 Å². The third-order valence-electron chi connectivity index (χ3n) is 8.37. The largest absolute Gasteiger partial charge is 0.480 e. The zero-order valence-electron chi connectivity index (χ0n) is 19.5. The number of carbonyl (C=O) groups excluding carboxylic acids is 1. The topological polar surface area (TPSA) is 101 Å². The molecule has 3 saturated carbocycles. The van der Waals surface area contributed by atoms with Gasteiger partial charge in [0.25, 0.3) is 0 Å². The number of ether oxygens (including phenoxy) is 1. The van der Waals surface area contributed by atoms with Crippen LogP contribution in [0.25, 0.3) is 0 Å². The Kier molecular flexibility index (Phi) is 6.59. The van der Waals surface area contributed by atoms with Crippen molar-refractivity contribution >= 4 is 17.7 Å². The van der Waals surface area contributed by atoms with Gasteiger partial charge >= 0.3 is 5.97 Å². The second-order valence-corrected chi connectivity index (χ2v) is 10.6. The number of nitrogens with zero attached hydrogens (tertiary/aromatic N) is 1. The van der Waals surface area contributed by atoms with Gasteiger partial charge in [-0.1, -0.05) is 12.5 Å². The van der Waals surface area contributed by atoms with Gasteiger partial charge in [0.1, 0.15) is 11.9 Å². The van der Waals surface area contributed by atoms with Crippen molar-refractivity contribution in [2.75, 3.05) is 18.5 Å². The van der Waals surface area contributed by atoms with Gasteiger partial charge in [-0.3, -0.25) is 4.79 Å². The van der Waals surface area contributed by atoms with Crippen molar-refractivity contribution in [2.24, 2.45) is 17.3 Å². The summed E-state index contributed by atoms with van der Waals surface area (Å²) in [5.41, 5.74) is 2.20. The molecule has 7 heteroatoms. The molecule has 0 saturated heterocycles. The van der Waals surface area contributed by atoms with E-state index in [1.807, 2.05) is 0 Å². The van der Waals surface area contributed by atoms with E-state index in [1.54, 1.807) is 0 Å². The van der Waals surface area contributed by atoms with Crippen LogP contribution in [0.15, 0.2) is 12.1 Å². The number of carboxylic acid groups (broad SMARTS) is 1. The molecular weight excluding hydrogens is 418 g/mol. The molecule has 1 amide bonds. The Labute approximate surface area is 196 Å². The Bertz CT molecular complexity index is 874. The molecule has 5 rings (SSSR count). The third-order valence-corrected chi connectivity index (χ3v) is 8.37. The van der Waals surface area contributed by atoms with Crippen molar-refractivity contribution in [3.05, 3.63) is 23.4 Å². The van der Waals surface area contributed by atoms with Crippen molar-refractivity contribution in [2.45, 2.75) is 89.2 Å². The Hall–Kier alpha value is -2.15. The number of aliphatic carboxylic acids is 1. The number of carboxylic acids is 1. The summed E-state index contributed by atoms with van der Waals surface area (Å²) in [7, 11) is 0. The van der Waals surface area contributed by atoms with Crippen LogP contribution in [-0.4, -0.2) is 47.3 Å². The molecule has 0 spiro atoms. The van der Waals surface area contributed by atoms with Gasteiger partial charge in [0, 0.05) is 25.3 Å². The van der Waals surface area contributed by atoms with Crippen molar-refractivity contribution < 1.29 is 19.4 Å². The lowest BCUT2D eigenvalue weighted by Crippen LogP contribution is -2.52. The number of aromatic nitrogens is 1. The Morgan fingerprint density at radius 1 is 1.24 bits per heavy atom. The minimum atomic E-state index is -0.962. The predicted octanol–water partition coefficient (Wildman–Crippen LogP) is 3.71. The van der Waals surface area contributed by atoms with Crippen LogP contribution >= 0.6 is 0 Å². The first kappa shape index (κ1) is 22.6. The Morgan fingerprint density at radius 3 is 2.76 bits per heavy atom. The highest BCUT2D eigenvalue weighted by atomic mass is 16.5. The minimum Gasteiger partial charge on any atom is -0.480 e. The number of rotatable bonds is 11. The maximum Gasteiger partial charge on any atom is 0.326 e. The normalized spacial score (nSPS) is 26.2. The number of carbonyl (C=O) groups is 2. The van der Waals surface area contributed by atoms with Crippen molar-refractivity contribution in [3.8, 4) is 0 Å². The fraction of sp³-hybridized carbons (Fsp3) is 0.731. The van der Waals surface area contributed by atoms with Gasteiger partial charge in [0.2, 0.25) is 5.91 Å². The number of pyridine rings is 1. The maximum atomic E-state index is 12.8. The molecule has 0 unspecified atom stereocenters. The average Bonchev–Trinajstić information content (AvgIpc) is 3.58. The van der Waals surface area contributed by atoms with Gasteiger partial charge < -0.3 is 20.5 Å². The highest BCUT2D eigenvalue weighted by Crippen LogP contribution is 2.57. The first-order valence-electron chi connectivity index (χ1n) is 12.9. The van der Waals surface area contributed by atoms with E-state index in [0.717, 1.165) is 82.3 Å². The highest BCUT2D eigenvalue weighted by Gasteiger charge is 2.54. The first-order chi connectivity index (χ1) is 16.0. The van der Waals surface area contributed by atoms with E-state index in [2.05, 4.69) is 22.8 Å². The van der Waals surface area contributed by atoms with Gasteiger partial charge in [0.15, 0.2) is 0 Å². The van der Waals surface area contributed by atoms with Crippen molar-refractivity contribution in [1.82, 2.24) is 10.3 Å². The summed E-state index contributed by atoms with van der Waals surface area (Å²) in [6.45, 7) is 1.39. The lowest BCUT2D eigenvalue weighted by molar-refractivity contribution is -0.147. The summed E-state index contributed by atoms with van der Waals surface area (Å²) in [6.07, 6.45) is 12.1. The molecule has 33 heavy (non-hydrogen) atoms. The molecule has 3 aliphatic carbocycles. The van der Waals surface area contributed by atoms with E-state index >= 15 is 0 Å². The van der Waals surface area contributed by atoms with Crippen LogP contribution in [-0.2, 0) is 27.2 Å². The molecule has 7 nitrogen and oxygen atoms in total. The number of hydrogen-bond acceptors (Lipinski definition) is 5. The number of aryl methyl sites for hydroxylation is 2.